The van der Waals surface area contributed by atoms with E-state index in [-0.39, 0.29) is 18.3 Å². The van der Waals surface area contributed by atoms with Crippen molar-refractivity contribution in [2.24, 2.45) is 0 Å². The summed E-state index contributed by atoms with van der Waals surface area (Å²) in [6.07, 6.45) is 0.872. The van der Waals surface area contributed by atoms with E-state index in [1.807, 2.05) is 4.90 Å². The van der Waals surface area contributed by atoms with Gasteiger partial charge in [0, 0.05) is 44.1 Å². The quantitative estimate of drug-likeness (QED) is 0.872. The van der Waals surface area contributed by atoms with Gasteiger partial charge in [0.2, 0.25) is 11.0 Å². The van der Waals surface area contributed by atoms with Crippen LogP contribution in [0.3, 0.4) is 0 Å². The lowest BCUT2D eigenvalue weighted by Crippen LogP contribution is -2.50. The molecule has 0 bridgehead atoms. The molecule has 0 radical (unpaired) electrons. The number of aromatic nitrogens is 2. The number of amides is 1. The summed E-state index contributed by atoms with van der Waals surface area (Å²) in [5.74, 6) is 1.08. The second-order valence-electron chi connectivity index (χ2n) is 4.24. The summed E-state index contributed by atoms with van der Waals surface area (Å²) in [6, 6.07) is 0. The number of nitrogens with zero attached hydrogens (tertiary/aromatic N) is 4. The second kappa shape index (κ2) is 7.62. The SMILES string of the molecule is CCc1nsc(N2CCN(C(=O)CNC)CC2)n1.Cl. The Morgan fingerprint density at radius 1 is 1.37 bits per heavy atom. The Kier molecular flexibility index (Phi) is 6.47. The van der Waals surface area contributed by atoms with E-state index < -0.39 is 0 Å². The fourth-order valence-electron chi connectivity index (χ4n) is 1.93. The van der Waals surface area contributed by atoms with Gasteiger partial charge in [0.05, 0.1) is 6.54 Å². The van der Waals surface area contributed by atoms with E-state index in [1.54, 1.807) is 7.05 Å². The molecule has 8 heteroatoms. The molecule has 2 rings (SSSR count). The molecule has 0 atom stereocenters. The lowest BCUT2D eigenvalue weighted by Gasteiger charge is -2.34. The molecule has 1 aliphatic heterocycles. The van der Waals surface area contributed by atoms with Crippen molar-refractivity contribution in [3.8, 4) is 0 Å². The van der Waals surface area contributed by atoms with Crippen LogP contribution in [0.4, 0.5) is 5.13 Å². The van der Waals surface area contributed by atoms with Crippen LogP contribution in [0.2, 0.25) is 0 Å². The minimum absolute atomic E-state index is 0. The number of nitrogens with one attached hydrogen (secondary N) is 1. The zero-order chi connectivity index (χ0) is 13.0. The molecule has 0 aromatic carbocycles. The lowest BCUT2D eigenvalue weighted by molar-refractivity contribution is -0.130. The van der Waals surface area contributed by atoms with Gasteiger partial charge in [0.15, 0.2) is 0 Å². The van der Waals surface area contributed by atoms with Crippen molar-refractivity contribution in [3.63, 3.8) is 0 Å². The average Bonchev–Trinajstić information content (AvgIpc) is 2.88. The molecule has 2 heterocycles. The standard InChI is InChI=1S/C11H19N5OS.ClH/c1-3-9-13-11(18-14-9)16-6-4-15(5-7-16)10(17)8-12-2;/h12H,3-8H2,1-2H3;1H. The second-order valence-corrected chi connectivity index (χ2v) is 4.98. The first kappa shape index (κ1) is 16.1. The summed E-state index contributed by atoms with van der Waals surface area (Å²) in [6.45, 7) is 5.68. The highest BCUT2D eigenvalue weighted by Gasteiger charge is 2.22. The summed E-state index contributed by atoms with van der Waals surface area (Å²) in [4.78, 5) is 20.3. The first-order valence-corrected chi connectivity index (χ1v) is 7.01. The van der Waals surface area contributed by atoms with E-state index in [9.17, 15) is 4.79 Å². The van der Waals surface area contributed by atoms with Crippen molar-refractivity contribution < 1.29 is 4.79 Å². The summed E-state index contributed by atoms with van der Waals surface area (Å²) in [5.41, 5.74) is 0. The molecule has 1 amide bonds. The maximum absolute atomic E-state index is 11.7. The summed E-state index contributed by atoms with van der Waals surface area (Å²) in [5, 5.41) is 3.87. The fourth-order valence-corrected chi connectivity index (χ4v) is 2.73. The third-order valence-corrected chi connectivity index (χ3v) is 3.82. The molecule has 1 fully saturated rings. The third-order valence-electron chi connectivity index (χ3n) is 3.00. The fraction of sp³-hybridized carbons (Fsp3) is 0.727. The van der Waals surface area contributed by atoms with Crippen molar-refractivity contribution in [2.45, 2.75) is 13.3 Å². The van der Waals surface area contributed by atoms with Gasteiger partial charge in [-0.05, 0) is 7.05 Å². The number of carbonyl (C=O) groups excluding carboxylic acids is 1. The first-order chi connectivity index (χ1) is 8.74. The molecule has 1 saturated heterocycles. The number of anilines is 1. The van der Waals surface area contributed by atoms with Crippen LogP contribution in [0.15, 0.2) is 0 Å². The zero-order valence-corrected chi connectivity index (χ0v) is 12.9. The van der Waals surface area contributed by atoms with E-state index in [0.717, 1.165) is 43.6 Å². The normalized spacial score (nSPS) is 15.3. The highest BCUT2D eigenvalue weighted by atomic mass is 35.5. The van der Waals surface area contributed by atoms with Gasteiger partial charge in [0.25, 0.3) is 0 Å². The van der Waals surface area contributed by atoms with Gasteiger partial charge in [0.1, 0.15) is 5.82 Å². The smallest absolute Gasteiger partial charge is 0.236 e. The number of carbonyl (C=O) groups is 1. The molecule has 0 saturated carbocycles. The first-order valence-electron chi connectivity index (χ1n) is 6.24. The molecule has 0 aliphatic carbocycles. The van der Waals surface area contributed by atoms with Crippen LogP contribution in [-0.4, -0.2) is 59.9 Å². The minimum atomic E-state index is 0. The van der Waals surface area contributed by atoms with Gasteiger partial charge in [-0.15, -0.1) is 12.4 Å². The molecule has 19 heavy (non-hydrogen) atoms. The maximum atomic E-state index is 11.7. The van der Waals surface area contributed by atoms with Gasteiger partial charge in [-0.2, -0.15) is 4.37 Å². The van der Waals surface area contributed by atoms with E-state index in [2.05, 4.69) is 26.5 Å². The number of halogens is 1. The van der Waals surface area contributed by atoms with Gasteiger partial charge in [-0.1, -0.05) is 6.92 Å². The van der Waals surface area contributed by atoms with E-state index in [0.29, 0.717) is 6.54 Å². The minimum Gasteiger partial charge on any atom is -0.343 e. The molecule has 0 unspecified atom stereocenters. The summed E-state index contributed by atoms with van der Waals surface area (Å²) >= 11 is 1.45. The number of hydrogen-bond acceptors (Lipinski definition) is 6. The van der Waals surface area contributed by atoms with Crippen molar-refractivity contribution in [1.29, 1.82) is 0 Å². The molecule has 1 N–H and O–H groups in total. The van der Waals surface area contributed by atoms with Crippen LogP contribution in [0.25, 0.3) is 0 Å². The van der Waals surface area contributed by atoms with Crippen LogP contribution < -0.4 is 10.2 Å². The zero-order valence-electron chi connectivity index (χ0n) is 11.3. The lowest BCUT2D eigenvalue weighted by atomic mass is 10.3. The number of aryl methyl sites for hydroxylation is 1. The Bertz CT molecular complexity index is 406. The summed E-state index contributed by atoms with van der Waals surface area (Å²) in [7, 11) is 1.79. The molecular formula is C11H20ClN5OS. The molecule has 1 aliphatic rings. The Hall–Kier alpha value is -0.920. The van der Waals surface area contributed by atoms with Crippen LogP contribution >= 0.6 is 23.9 Å². The largest absolute Gasteiger partial charge is 0.343 e. The molecule has 6 nitrogen and oxygen atoms in total. The Labute approximate surface area is 123 Å². The van der Waals surface area contributed by atoms with Crippen molar-refractivity contribution in [3.05, 3.63) is 5.82 Å². The van der Waals surface area contributed by atoms with Gasteiger partial charge >= 0.3 is 0 Å². The Morgan fingerprint density at radius 2 is 2.05 bits per heavy atom. The molecule has 0 spiro atoms. The highest BCUT2D eigenvalue weighted by molar-refractivity contribution is 7.09. The van der Waals surface area contributed by atoms with E-state index >= 15 is 0 Å². The summed E-state index contributed by atoms with van der Waals surface area (Å²) < 4.78 is 4.29. The van der Waals surface area contributed by atoms with Gasteiger partial charge < -0.3 is 15.1 Å². The topological polar surface area (TPSA) is 61.4 Å². The van der Waals surface area contributed by atoms with E-state index in [1.165, 1.54) is 11.5 Å². The monoisotopic (exact) mass is 305 g/mol. The number of piperazine rings is 1. The Morgan fingerprint density at radius 3 is 2.58 bits per heavy atom. The van der Waals surface area contributed by atoms with Gasteiger partial charge in [-0.3, -0.25) is 4.79 Å². The number of rotatable bonds is 4. The number of hydrogen-bond donors (Lipinski definition) is 1. The highest BCUT2D eigenvalue weighted by Crippen LogP contribution is 2.19. The van der Waals surface area contributed by atoms with E-state index in [4.69, 9.17) is 0 Å². The van der Waals surface area contributed by atoms with Crippen molar-refractivity contribution >= 4 is 35.0 Å². The predicted octanol–water partition coefficient (Wildman–Crippen LogP) is 0.390. The van der Waals surface area contributed by atoms with Crippen molar-refractivity contribution in [2.75, 3.05) is 44.7 Å². The molecular weight excluding hydrogens is 286 g/mol. The van der Waals surface area contributed by atoms with Crippen molar-refractivity contribution in [1.82, 2.24) is 19.6 Å². The average molecular weight is 306 g/mol. The molecule has 1 aromatic rings. The van der Waals surface area contributed by atoms with Crippen LogP contribution in [-0.2, 0) is 11.2 Å². The molecule has 108 valence electrons. The van der Waals surface area contributed by atoms with Crippen LogP contribution in [0.1, 0.15) is 12.7 Å². The van der Waals surface area contributed by atoms with Crippen LogP contribution in [0.5, 0.6) is 0 Å². The maximum Gasteiger partial charge on any atom is 0.236 e. The third kappa shape index (κ3) is 4.02. The predicted molar refractivity (Wildman–Crippen MR) is 79.3 cm³/mol. The molecule has 1 aromatic heterocycles. The van der Waals surface area contributed by atoms with Gasteiger partial charge in [-0.25, -0.2) is 4.98 Å². The van der Waals surface area contributed by atoms with Crippen LogP contribution in [0, 0.1) is 0 Å². The Balaban J connectivity index is 0.00000180. The number of likely N-dealkylation sites (N-methyl/N-ethyl adjacent to an activating group) is 1.